The fourth-order valence-electron chi connectivity index (χ4n) is 3.39. The third-order valence-corrected chi connectivity index (χ3v) is 8.82. The molecule has 25 heavy (non-hydrogen) atoms. The molecule has 1 heterocycles. The van der Waals surface area contributed by atoms with Crippen molar-refractivity contribution in [3.8, 4) is 0 Å². The number of hydrogen-bond donors (Lipinski definition) is 1. The van der Waals surface area contributed by atoms with Crippen molar-refractivity contribution in [2.45, 2.75) is 105 Å². The van der Waals surface area contributed by atoms with Gasteiger partial charge >= 0.3 is 9.28 Å². The minimum absolute atomic E-state index is 0.158. The van der Waals surface area contributed by atoms with Gasteiger partial charge in [-0.15, -0.1) is 0 Å². The minimum Gasteiger partial charge on any atom is -0.311 e. The van der Waals surface area contributed by atoms with E-state index in [9.17, 15) is 0 Å². The van der Waals surface area contributed by atoms with Crippen LogP contribution in [-0.4, -0.2) is 71.3 Å². The van der Waals surface area contributed by atoms with Crippen LogP contribution >= 0.6 is 0 Å². The molecule has 1 aliphatic heterocycles. The van der Waals surface area contributed by atoms with Crippen LogP contribution in [0, 0.1) is 0 Å². The fraction of sp³-hybridized carbons (Fsp3) is 1.00. The number of hydrogen-bond acceptors (Lipinski definition) is 4. The minimum atomic E-state index is -0.957. The highest BCUT2D eigenvalue weighted by Gasteiger charge is 2.50. The van der Waals surface area contributed by atoms with Crippen molar-refractivity contribution in [3.05, 3.63) is 0 Å². The standard InChI is InChI=1S/C20H45N4Si/c1-17(2,3)21-13-14-22(18(4,5)6)25-23(19(7,8)9)15-16-24(25)20(10,11)12/h21H,13-16H2,1-12H3. The summed E-state index contributed by atoms with van der Waals surface area (Å²) in [6.45, 7) is 32.6. The SMILES string of the molecule is CC(C)(C)NCCN([Si]1N(C(C)(C)C)CCN1C(C)(C)C)C(C)(C)C. The topological polar surface area (TPSA) is 21.8 Å². The second kappa shape index (κ2) is 7.59. The predicted octanol–water partition coefficient (Wildman–Crippen LogP) is 3.67. The maximum Gasteiger partial charge on any atom is 0.329 e. The number of rotatable bonds is 4. The molecule has 0 atom stereocenters. The van der Waals surface area contributed by atoms with Crippen LogP contribution in [0.4, 0.5) is 0 Å². The Balaban J connectivity index is 3.15. The lowest BCUT2D eigenvalue weighted by Gasteiger charge is -2.50. The van der Waals surface area contributed by atoms with Gasteiger partial charge in [-0.25, -0.2) is 0 Å². The van der Waals surface area contributed by atoms with Crippen molar-refractivity contribution < 1.29 is 0 Å². The Bertz CT molecular complexity index is 401. The summed E-state index contributed by atoms with van der Waals surface area (Å²) in [5.74, 6) is 0. The van der Waals surface area contributed by atoms with E-state index in [-0.39, 0.29) is 22.2 Å². The molecule has 0 amide bonds. The molecular formula is C20H45N4Si. The van der Waals surface area contributed by atoms with Crippen molar-refractivity contribution in [3.63, 3.8) is 0 Å². The van der Waals surface area contributed by atoms with Gasteiger partial charge in [0.2, 0.25) is 0 Å². The Morgan fingerprint density at radius 1 is 0.760 bits per heavy atom. The highest BCUT2D eigenvalue weighted by Crippen LogP contribution is 2.32. The first kappa shape index (κ1) is 23.1. The first-order valence-electron chi connectivity index (χ1n) is 9.89. The van der Waals surface area contributed by atoms with Gasteiger partial charge in [0, 0.05) is 48.3 Å². The van der Waals surface area contributed by atoms with E-state index in [1.165, 1.54) is 13.1 Å². The summed E-state index contributed by atoms with van der Waals surface area (Å²) < 4.78 is 8.36. The van der Waals surface area contributed by atoms with Crippen LogP contribution in [0.25, 0.3) is 0 Å². The highest BCUT2D eigenvalue weighted by atomic mass is 28.3. The summed E-state index contributed by atoms with van der Waals surface area (Å²) in [6.07, 6.45) is 0. The maximum atomic E-state index is 3.69. The van der Waals surface area contributed by atoms with Crippen LogP contribution < -0.4 is 5.32 Å². The van der Waals surface area contributed by atoms with Crippen LogP contribution in [0.5, 0.6) is 0 Å². The van der Waals surface area contributed by atoms with Gasteiger partial charge in [-0.05, 0) is 83.1 Å². The smallest absolute Gasteiger partial charge is 0.311 e. The zero-order valence-electron chi connectivity index (χ0n) is 19.2. The Labute approximate surface area is 160 Å². The molecular weight excluding hydrogens is 324 g/mol. The van der Waals surface area contributed by atoms with Crippen LogP contribution in [-0.2, 0) is 0 Å². The van der Waals surface area contributed by atoms with Gasteiger partial charge in [-0.2, -0.15) is 0 Å². The Hall–Kier alpha value is 0.0569. The summed E-state index contributed by atoms with van der Waals surface area (Å²) in [5.41, 5.74) is 0.736. The molecule has 0 spiro atoms. The molecule has 0 unspecified atom stereocenters. The predicted molar refractivity (Wildman–Crippen MR) is 113 cm³/mol. The van der Waals surface area contributed by atoms with E-state index in [0.29, 0.717) is 0 Å². The van der Waals surface area contributed by atoms with Crippen molar-refractivity contribution in [1.82, 2.24) is 19.0 Å². The quantitative estimate of drug-likeness (QED) is 0.763. The molecule has 1 rings (SSSR count). The molecule has 5 heteroatoms. The van der Waals surface area contributed by atoms with Gasteiger partial charge in [0.1, 0.15) is 0 Å². The van der Waals surface area contributed by atoms with Gasteiger partial charge in [-0.1, -0.05) is 0 Å². The number of nitrogens with zero attached hydrogens (tertiary/aromatic N) is 3. The van der Waals surface area contributed by atoms with E-state index in [1.54, 1.807) is 0 Å². The Kier molecular flexibility index (Phi) is 7.01. The van der Waals surface area contributed by atoms with E-state index >= 15 is 0 Å². The van der Waals surface area contributed by atoms with Gasteiger partial charge in [0.15, 0.2) is 0 Å². The Morgan fingerprint density at radius 3 is 1.44 bits per heavy atom. The van der Waals surface area contributed by atoms with E-state index in [4.69, 9.17) is 0 Å². The monoisotopic (exact) mass is 369 g/mol. The summed E-state index contributed by atoms with van der Waals surface area (Å²) in [6, 6.07) is 0. The van der Waals surface area contributed by atoms with Crippen LogP contribution in [0.2, 0.25) is 0 Å². The first-order chi connectivity index (χ1) is 10.9. The lowest BCUT2D eigenvalue weighted by molar-refractivity contribution is 0.161. The molecule has 1 saturated heterocycles. The molecule has 4 nitrogen and oxygen atoms in total. The molecule has 0 aliphatic carbocycles. The molecule has 0 aromatic carbocycles. The van der Waals surface area contributed by atoms with Gasteiger partial charge in [0.05, 0.1) is 0 Å². The van der Waals surface area contributed by atoms with E-state index in [0.717, 1.165) is 13.1 Å². The highest BCUT2D eigenvalue weighted by molar-refractivity contribution is 6.51. The summed E-state index contributed by atoms with van der Waals surface area (Å²) >= 11 is 0. The second-order valence-electron chi connectivity index (χ2n) is 11.4. The average Bonchev–Trinajstić information content (AvgIpc) is 2.75. The molecule has 0 bridgehead atoms. The van der Waals surface area contributed by atoms with Crippen molar-refractivity contribution in [2.24, 2.45) is 0 Å². The largest absolute Gasteiger partial charge is 0.329 e. The zero-order chi connectivity index (χ0) is 19.8. The van der Waals surface area contributed by atoms with Gasteiger partial charge < -0.3 is 5.32 Å². The molecule has 0 aromatic rings. The zero-order valence-corrected chi connectivity index (χ0v) is 20.2. The molecule has 149 valence electrons. The second-order valence-corrected chi connectivity index (χ2v) is 13.7. The van der Waals surface area contributed by atoms with E-state index in [1.807, 2.05) is 0 Å². The van der Waals surface area contributed by atoms with E-state index in [2.05, 4.69) is 102 Å². The lowest BCUT2D eigenvalue weighted by atomic mass is 10.1. The molecule has 1 fully saturated rings. The Morgan fingerprint density at radius 2 is 1.16 bits per heavy atom. The van der Waals surface area contributed by atoms with Crippen LogP contribution in [0.3, 0.4) is 0 Å². The van der Waals surface area contributed by atoms with Crippen LogP contribution in [0.15, 0.2) is 0 Å². The third kappa shape index (κ3) is 6.62. The number of nitrogens with one attached hydrogen (secondary N) is 1. The molecule has 1 aliphatic rings. The molecule has 0 aromatic heterocycles. The van der Waals surface area contributed by atoms with Crippen molar-refractivity contribution in [1.29, 1.82) is 0 Å². The summed E-state index contributed by atoms with van der Waals surface area (Å²) in [7, 11) is -0.957. The molecule has 1 radical (unpaired) electrons. The molecule has 0 saturated carbocycles. The molecule has 1 N–H and O–H groups in total. The lowest BCUT2D eigenvalue weighted by Crippen LogP contribution is -2.69. The normalized spacial score (nSPS) is 20.0. The summed E-state index contributed by atoms with van der Waals surface area (Å²) in [5, 5.41) is 3.69. The maximum absolute atomic E-state index is 3.69. The summed E-state index contributed by atoms with van der Waals surface area (Å²) in [4.78, 5) is 0. The van der Waals surface area contributed by atoms with Gasteiger partial charge in [0.25, 0.3) is 0 Å². The average molecular weight is 370 g/mol. The van der Waals surface area contributed by atoms with Gasteiger partial charge in [-0.3, -0.25) is 13.7 Å². The van der Waals surface area contributed by atoms with Crippen molar-refractivity contribution >= 4 is 9.28 Å². The van der Waals surface area contributed by atoms with Crippen molar-refractivity contribution in [2.75, 3.05) is 26.2 Å². The fourth-order valence-corrected chi connectivity index (χ4v) is 6.97. The first-order valence-corrected chi connectivity index (χ1v) is 11.2. The van der Waals surface area contributed by atoms with E-state index < -0.39 is 9.28 Å². The third-order valence-electron chi connectivity index (χ3n) is 4.69. The van der Waals surface area contributed by atoms with Crippen LogP contribution in [0.1, 0.15) is 83.1 Å².